The van der Waals surface area contributed by atoms with Crippen molar-refractivity contribution < 1.29 is 18.7 Å². The van der Waals surface area contributed by atoms with Crippen LogP contribution in [0.25, 0.3) is 16.3 Å². The van der Waals surface area contributed by atoms with Crippen LogP contribution in [0.4, 0.5) is 9.52 Å². The Morgan fingerprint density at radius 3 is 2.53 bits per heavy atom. The summed E-state index contributed by atoms with van der Waals surface area (Å²) < 4.78 is 25.5. The van der Waals surface area contributed by atoms with Crippen molar-refractivity contribution in [1.82, 2.24) is 4.98 Å². The molecule has 3 aromatic carbocycles. The summed E-state index contributed by atoms with van der Waals surface area (Å²) in [6.45, 7) is 0.317. The average Bonchev–Trinajstić information content (AvgIpc) is 3.27. The number of amides is 1. The number of thiazole rings is 1. The first-order valence-corrected chi connectivity index (χ1v) is 10.7. The fourth-order valence-electron chi connectivity index (χ4n) is 3.24. The maximum atomic E-state index is 14.2. The molecule has 0 fully saturated rings. The molecule has 0 atom stereocenters. The number of para-hydroxylation sites is 1. The lowest BCUT2D eigenvalue weighted by Gasteiger charge is -2.18. The molecule has 0 aliphatic rings. The number of carbonyl (C=O) groups is 1. The van der Waals surface area contributed by atoms with E-state index in [1.807, 2.05) is 36.4 Å². The Morgan fingerprint density at radius 2 is 1.81 bits per heavy atom. The van der Waals surface area contributed by atoms with E-state index in [1.54, 1.807) is 49.5 Å². The summed E-state index contributed by atoms with van der Waals surface area (Å²) in [6.07, 6.45) is 3.18. The molecule has 4 rings (SSSR count). The number of rotatable bonds is 7. The Balaban J connectivity index is 1.66. The smallest absolute Gasteiger partial charge is 0.253 e. The molecule has 4 aromatic rings. The highest BCUT2D eigenvalue weighted by Gasteiger charge is 2.19. The number of hydrogen-bond acceptors (Lipinski definition) is 5. The molecule has 1 amide bonds. The summed E-state index contributed by atoms with van der Waals surface area (Å²) in [6, 6.07) is 19.8. The molecule has 0 saturated heterocycles. The summed E-state index contributed by atoms with van der Waals surface area (Å²) in [4.78, 5) is 19.2. The van der Waals surface area contributed by atoms with Crippen LogP contribution in [-0.4, -0.2) is 25.1 Å². The summed E-state index contributed by atoms with van der Waals surface area (Å²) >= 11 is 1.28. The molecule has 162 valence electrons. The van der Waals surface area contributed by atoms with Gasteiger partial charge in [0, 0.05) is 6.08 Å². The monoisotopic (exact) mass is 448 g/mol. The van der Waals surface area contributed by atoms with Crippen LogP contribution in [0.2, 0.25) is 0 Å². The van der Waals surface area contributed by atoms with Crippen molar-refractivity contribution in [2.75, 3.05) is 19.1 Å². The zero-order valence-corrected chi connectivity index (χ0v) is 18.4. The van der Waals surface area contributed by atoms with Crippen molar-refractivity contribution in [2.45, 2.75) is 6.54 Å². The van der Waals surface area contributed by atoms with E-state index < -0.39 is 5.82 Å². The van der Waals surface area contributed by atoms with Crippen LogP contribution < -0.4 is 14.4 Å². The number of halogens is 1. The van der Waals surface area contributed by atoms with Gasteiger partial charge in [0.15, 0.2) is 16.6 Å². The van der Waals surface area contributed by atoms with E-state index in [9.17, 15) is 9.18 Å². The van der Waals surface area contributed by atoms with Crippen molar-refractivity contribution in [1.29, 1.82) is 0 Å². The first-order chi connectivity index (χ1) is 15.6. The fourth-order valence-corrected chi connectivity index (χ4v) is 4.22. The summed E-state index contributed by atoms with van der Waals surface area (Å²) in [5, 5.41) is 0.441. The lowest BCUT2D eigenvalue weighted by atomic mass is 10.1. The third kappa shape index (κ3) is 4.63. The summed E-state index contributed by atoms with van der Waals surface area (Å²) in [5.41, 5.74) is 1.99. The normalized spacial score (nSPS) is 11.1. The Labute approximate surface area is 189 Å². The Bertz CT molecular complexity index is 1270. The van der Waals surface area contributed by atoms with Crippen molar-refractivity contribution in [3.8, 4) is 11.5 Å². The molecule has 5 nitrogen and oxygen atoms in total. The third-order valence-corrected chi connectivity index (χ3v) is 5.91. The number of hydrogen-bond donors (Lipinski definition) is 0. The van der Waals surface area contributed by atoms with Gasteiger partial charge in [-0.1, -0.05) is 53.8 Å². The van der Waals surface area contributed by atoms with Gasteiger partial charge >= 0.3 is 0 Å². The number of aromatic nitrogens is 1. The maximum Gasteiger partial charge on any atom is 0.253 e. The first-order valence-electron chi connectivity index (χ1n) is 9.89. The minimum absolute atomic E-state index is 0.261. The van der Waals surface area contributed by atoms with Gasteiger partial charge in [-0.3, -0.25) is 9.69 Å². The fraction of sp³-hybridized carbons (Fsp3) is 0.120. The van der Waals surface area contributed by atoms with Crippen molar-refractivity contribution in [3.05, 3.63) is 89.8 Å². The van der Waals surface area contributed by atoms with Crippen LogP contribution in [0, 0.1) is 5.82 Å². The van der Waals surface area contributed by atoms with Gasteiger partial charge in [0.2, 0.25) is 0 Å². The maximum absolute atomic E-state index is 14.2. The van der Waals surface area contributed by atoms with Crippen LogP contribution in [0.5, 0.6) is 11.5 Å². The van der Waals surface area contributed by atoms with Gasteiger partial charge in [0.25, 0.3) is 5.91 Å². The first kappa shape index (κ1) is 21.5. The second-order valence-corrected chi connectivity index (χ2v) is 7.95. The molecule has 0 spiro atoms. The number of fused-ring (bicyclic) bond motifs is 1. The van der Waals surface area contributed by atoms with Gasteiger partial charge in [0.05, 0.1) is 25.5 Å². The van der Waals surface area contributed by atoms with Gasteiger partial charge in [-0.05, 0) is 41.5 Å². The molecule has 1 aromatic heterocycles. The van der Waals surface area contributed by atoms with E-state index in [2.05, 4.69) is 4.98 Å². The molecule has 1 heterocycles. The minimum Gasteiger partial charge on any atom is -0.493 e. The largest absolute Gasteiger partial charge is 0.493 e. The number of carbonyl (C=O) groups excluding carboxylic acids is 1. The molecular weight excluding hydrogens is 427 g/mol. The second-order valence-electron chi connectivity index (χ2n) is 6.94. The lowest BCUT2D eigenvalue weighted by Crippen LogP contribution is -2.28. The predicted molar refractivity (Wildman–Crippen MR) is 126 cm³/mol. The molecule has 0 N–H and O–H groups in total. The Hall–Kier alpha value is -3.71. The van der Waals surface area contributed by atoms with Crippen LogP contribution in [0.15, 0.2) is 72.8 Å². The second kappa shape index (κ2) is 9.62. The quantitative estimate of drug-likeness (QED) is 0.340. The van der Waals surface area contributed by atoms with Crippen molar-refractivity contribution in [3.63, 3.8) is 0 Å². The predicted octanol–water partition coefficient (Wildman–Crippen LogP) is 5.70. The van der Waals surface area contributed by atoms with Gasteiger partial charge < -0.3 is 9.47 Å². The minimum atomic E-state index is -0.405. The molecular formula is C25H21FN2O3S. The number of nitrogens with zero attached hydrogens (tertiary/aromatic N) is 2. The van der Waals surface area contributed by atoms with E-state index in [0.717, 1.165) is 11.1 Å². The molecule has 7 heteroatoms. The molecule has 0 aliphatic heterocycles. The lowest BCUT2D eigenvalue weighted by molar-refractivity contribution is -0.114. The van der Waals surface area contributed by atoms with Gasteiger partial charge in [-0.15, -0.1) is 0 Å². The zero-order valence-electron chi connectivity index (χ0n) is 17.6. The number of benzene rings is 3. The van der Waals surface area contributed by atoms with Crippen molar-refractivity contribution >= 4 is 38.7 Å². The molecule has 0 unspecified atom stereocenters. The Morgan fingerprint density at radius 1 is 1.03 bits per heavy atom. The van der Waals surface area contributed by atoms with Crippen LogP contribution >= 0.6 is 11.3 Å². The number of ether oxygens (including phenoxy) is 2. The molecule has 0 bridgehead atoms. The van der Waals surface area contributed by atoms with Gasteiger partial charge in [-0.2, -0.15) is 0 Å². The van der Waals surface area contributed by atoms with Gasteiger partial charge in [0.1, 0.15) is 11.3 Å². The van der Waals surface area contributed by atoms with Crippen LogP contribution in [-0.2, 0) is 11.3 Å². The van der Waals surface area contributed by atoms with E-state index in [0.29, 0.717) is 27.9 Å². The highest BCUT2D eigenvalue weighted by molar-refractivity contribution is 7.22. The standard InChI is InChI=1S/C25H21FN2O3S/c1-30-20-13-11-17(15-21(20)31-2)12-14-23(29)28(16-18-7-4-3-5-8-18)25-27-24-19(26)9-6-10-22(24)32-25/h3-15H,16H2,1-2H3/b14-12+. The molecule has 0 aliphatic carbocycles. The molecule has 32 heavy (non-hydrogen) atoms. The van der Waals surface area contributed by atoms with Crippen molar-refractivity contribution in [2.24, 2.45) is 0 Å². The van der Waals surface area contributed by atoms with Crippen LogP contribution in [0.1, 0.15) is 11.1 Å². The SMILES string of the molecule is COc1ccc(/C=C/C(=O)N(Cc2ccccc2)c2nc3c(F)cccc3s2)cc1OC. The van der Waals surface area contributed by atoms with E-state index in [4.69, 9.17) is 9.47 Å². The average molecular weight is 449 g/mol. The molecule has 0 saturated carbocycles. The topological polar surface area (TPSA) is 51.7 Å². The summed E-state index contributed by atoms with van der Waals surface area (Å²) in [7, 11) is 3.13. The van der Waals surface area contributed by atoms with E-state index >= 15 is 0 Å². The Kier molecular flexibility index (Phi) is 6.47. The molecule has 0 radical (unpaired) electrons. The number of methoxy groups -OCH3 is 2. The van der Waals surface area contributed by atoms with E-state index in [-0.39, 0.29) is 11.4 Å². The van der Waals surface area contributed by atoms with Gasteiger partial charge in [-0.25, -0.2) is 9.37 Å². The highest BCUT2D eigenvalue weighted by Crippen LogP contribution is 2.32. The van der Waals surface area contributed by atoms with E-state index in [1.165, 1.54) is 23.5 Å². The number of anilines is 1. The third-order valence-electron chi connectivity index (χ3n) is 4.86. The zero-order chi connectivity index (χ0) is 22.5. The van der Waals surface area contributed by atoms with Crippen LogP contribution in [0.3, 0.4) is 0 Å². The highest BCUT2D eigenvalue weighted by atomic mass is 32.1. The summed E-state index contributed by atoms with van der Waals surface area (Å²) in [5.74, 6) is 0.518.